The minimum atomic E-state index is -1.40. The van der Waals surface area contributed by atoms with Gasteiger partial charge in [-0.25, -0.2) is 9.59 Å². The molecule has 0 saturated carbocycles. The number of benzene rings is 6. The van der Waals surface area contributed by atoms with Gasteiger partial charge in [0, 0.05) is 28.2 Å². The van der Waals surface area contributed by atoms with Crippen LogP contribution in [-0.2, 0) is 9.47 Å². The standard InChI is InChI=1S/C45H40O6P2/c1-3-48-44(46)36-26-28-38-40(42(36)52(32-18-9-5-10-19-32)33-20-11-6-12-21-33)41-39(51-31-17-30-50-38)29-27-37(45(47)49-4-2)43(41)53(34-22-13-7-14-23-34)35-24-15-8-16-25-35/h5-16,18-29H,3-4,17,30-31H2,1-2H3. The van der Waals surface area contributed by atoms with E-state index >= 15 is 0 Å². The van der Waals surface area contributed by atoms with Crippen molar-refractivity contribution in [2.75, 3.05) is 26.4 Å². The number of carbonyl (C=O) groups is 2. The molecule has 0 saturated heterocycles. The van der Waals surface area contributed by atoms with Gasteiger partial charge in [0.15, 0.2) is 0 Å². The first-order valence-corrected chi connectivity index (χ1v) is 20.5. The molecule has 7 rings (SSSR count). The predicted octanol–water partition coefficient (Wildman–Crippen LogP) is 7.38. The van der Waals surface area contributed by atoms with Gasteiger partial charge in [-0.05, 0) is 75.2 Å². The van der Waals surface area contributed by atoms with E-state index in [-0.39, 0.29) is 13.2 Å². The molecule has 1 aliphatic rings. The summed E-state index contributed by atoms with van der Waals surface area (Å²) in [5.74, 6) is 0.363. The Morgan fingerprint density at radius 2 is 0.811 bits per heavy atom. The Hall–Kier alpha value is -5.28. The zero-order chi connectivity index (χ0) is 36.6. The average Bonchev–Trinajstić information content (AvgIpc) is 3.29. The third kappa shape index (κ3) is 7.62. The highest BCUT2D eigenvalue weighted by atomic mass is 31.1. The lowest BCUT2D eigenvalue weighted by Gasteiger charge is -2.30. The van der Waals surface area contributed by atoms with Gasteiger partial charge < -0.3 is 18.9 Å². The van der Waals surface area contributed by atoms with Crippen LogP contribution in [0.3, 0.4) is 0 Å². The highest BCUT2D eigenvalue weighted by Gasteiger charge is 2.36. The van der Waals surface area contributed by atoms with Gasteiger partial charge in [0.25, 0.3) is 0 Å². The van der Waals surface area contributed by atoms with Gasteiger partial charge in [0.1, 0.15) is 11.5 Å². The lowest BCUT2D eigenvalue weighted by atomic mass is 9.98. The van der Waals surface area contributed by atoms with E-state index in [1.54, 1.807) is 0 Å². The van der Waals surface area contributed by atoms with Gasteiger partial charge in [-0.3, -0.25) is 0 Å². The molecule has 0 N–H and O–H groups in total. The molecule has 266 valence electrons. The highest BCUT2D eigenvalue weighted by Crippen LogP contribution is 2.49. The number of fused-ring (bicyclic) bond motifs is 3. The molecule has 1 heterocycles. The van der Waals surface area contributed by atoms with Gasteiger partial charge in [-0.2, -0.15) is 0 Å². The Kier molecular flexibility index (Phi) is 11.6. The lowest BCUT2D eigenvalue weighted by molar-refractivity contribution is 0.0518. The van der Waals surface area contributed by atoms with Crippen molar-refractivity contribution in [3.63, 3.8) is 0 Å². The van der Waals surface area contributed by atoms with Gasteiger partial charge in [0.05, 0.1) is 37.6 Å². The summed E-state index contributed by atoms with van der Waals surface area (Å²) in [5.41, 5.74) is 2.31. The molecule has 6 aromatic rings. The van der Waals surface area contributed by atoms with Gasteiger partial charge >= 0.3 is 11.9 Å². The molecule has 53 heavy (non-hydrogen) atoms. The van der Waals surface area contributed by atoms with Gasteiger partial charge in [0.2, 0.25) is 0 Å². The minimum absolute atomic E-state index is 0.214. The molecular formula is C45H40O6P2. The summed E-state index contributed by atoms with van der Waals surface area (Å²) in [4.78, 5) is 28.4. The first-order valence-electron chi connectivity index (χ1n) is 17.8. The first-order chi connectivity index (χ1) is 26.1. The number of hydrogen-bond acceptors (Lipinski definition) is 6. The lowest BCUT2D eigenvalue weighted by Crippen LogP contribution is -2.32. The molecule has 0 fully saturated rings. The molecule has 0 aliphatic carbocycles. The van der Waals surface area contributed by atoms with Crippen LogP contribution in [-0.4, -0.2) is 38.4 Å². The second kappa shape index (κ2) is 17.0. The number of ether oxygens (including phenoxy) is 4. The molecule has 0 radical (unpaired) electrons. The Labute approximate surface area is 313 Å². The fraction of sp³-hybridized carbons (Fsp3) is 0.156. The van der Waals surface area contributed by atoms with E-state index in [0.717, 1.165) is 31.8 Å². The zero-order valence-corrected chi connectivity index (χ0v) is 31.5. The molecule has 0 bridgehead atoms. The third-order valence-corrected chi connectivity index (χ3v) is 13.9. The van der Waals surface area contributed by atoms with Crippen LogP contribution in [0.15, 0.2) is 146 Å². The smallest absolute Gasteiger partial charge is 0.338 e. The predicted molar refractivity (Wildman–Crippen MR) is 217 cm³/mol. The number of carbonyl (C=O) groups excluding carboxylic acids is 2. The maximum atomic E-state index is 14.2. The van der Waals surface area contributed by atoms with Crippen LogP contribution in [0, 0.1) is 0 Å². The summed E-state index contributed by atoms with van der Waals surface area (Å²) in [7, 11) is -2.79. The second-order valence-corrected chi connectivity index (χ2v) is 16.5. The molecule has 0 spiro atoms. The fourth-order valence-corrected chi connectivity index (χ4v) is 11.8. The molecule has 6 nitrogen and oxygen atoms in total. The summed E-state index contributed by atoms with van der Waals surface area (Å²) in [6, 6.07) is 48.5. The molecule has 0 amide bonds. The molecular weight excluding hydrogens is 698 g/mol. The fourth-order valence-electron chi connectivity index (χ4n) is 6.63. The average molecular weight is 739 g/mol. The molecule has 0 atom stereocenters. The highest BCUT2D eigenvalue weighted by molar-refractivity contribution is 7.81. The maximum absolute atomic E-state index is 14.2. The molecule has 0 unspecified atom stereocenters. The molecule has 8 heteroatoms. The minimum Gasteiger partial charge on any atom is -0.493 e. The maximum Gasteiger partial charge on any atom is 0.338 e. The Morgan fingerprint density at radius 1 is 0.491 bits per heavy atom. The monoisotopic (exact) mass is 738 g/mol. The molecule has 1 aliphatic heterocycles. The first kappa shape index (κ1) is 36.1. The van der Waals surface area contributed by atoms with Crippen molar-refractivity contribution in [3.05, 3.63) is 157 Å². The SMILES string of the molecule is CCOC(=O)c1ccc2c(c1P(c1ccccc1)c1ccccc1)-c1c(ccc(C(=O)OCC)c1P(c1ccccc1)c1ccccc1)OCCCO2. The largest absolute Gasteiger partial charge is 0.493 e. The van der Waals surface area contributed by atoms with Gasteiger partial charge in [-0.15, -0.1) is 0 Å². The van der Waals surface area contributed by atoms with E-state index in [4.69, 9.17) is 18.9 Å². The number of esters is 2. The van der Waals surface area contributed by atoms with E-state index in [9.17, 15) is 9.59 Å². The van der Waals surface area contributed by atoms with E-state index in [1.165, 1.54) is 0 Å². The topological polar surface area (TPSA) is 71.1 Å². The number of rotatable bonds is 10. The van der Waals surface area contributed by atoms with E-state index in [1.807, 2.05) is 111 Å². The number of hydrogen-bond donors (Lipinski definition) is 0. The van der Waals surface area contributed by atoms with Gasteiger partial charge in [-0.1, -0.05) is 121 Å². The normalized spacial score (nSPS) is 12.3. The Bertz CT molecular complexity index is 1940. The van der Waals surface area contributed by atoms with Crippen LogP contribution in [0.5, 0.6) is 11.5 Å². The molecule has 6 aromatic carbocycles. The Morgan fingerprint density at radius 3 is 1.11 bits per heavy atom. The van der Waals surface area contributed by atoms with Crippen molar-refractivity contribution in [2.45, 2.75) is 20.3 Å². The van der Waals surface area contributed by atoms with Crippen molar-refractivity contribution in [3.8, 4) is 22.6 Å². The van der Waals surface area contributed by atoms with Crippen molar-refractivity contribution in [2.24, 2.45) is 0 Å². The Balaban J connectivity index is 1.69. The van der Waals surface area contributed by atoms with Crippen molar-refractivity contribution in [1.82, 2.24) is 0 Å². The van der Waals surface area contributed by atoms with E-state index < -0.39 is 27.8 Å². The third-order valence-electron chi connectivity index (χ3n) is 8.83. The van der Waals surface area contributed by atoms with E-state index in [0.29, 0.717) is 53.4 Å². The summed E-state index contributed by atoms with van der Waals surface area (Å²) in [6.07, 6.45) is 0.640. The van der Waals surface area contributed by atoms with Crippen LogP contribution in [0.2, 0.25) is 0 Å². The zero-order valence-electron chi connectivity index (χ0n) is 29.7. The van der Waals surface area contributed by atoms with Crippen LogP contribution < -0.4 is 41.3 Å². The molecule has 0 aromatic heterocycles. The summed E-state index contributed by atoms with van der Waals surface area (Å²) < 4.78 is 25.0. The van der Waals surface area contributed by atoms with Crippen LogP contribution in [0.4, 0.5) is 0 Å². The summed E-state index contributed by atoms with van der Waals surface area (Å²) in [5, 5.41) is 5.74. The van der Waals surface area contributed by atoms with Crippen molar-refractivity contribution < 1.29 is 28.5 Å². The van der Waals surface area contributed by atoms with Crippen LogP contribution >= 0.6 is 15.8 Å². The van der Waals surface area contributed by atoms with Crippen molar-refractivity contribution >= 4 is 59.6 Å². The van der Waals surface area contributed by atoms with E-state index in [2.05, 4.69) is 48.5 Å². The van der Waals surface area contributed by atoms with Crippen LogP contribution in [0.1, 0.15) is 41.0 Å². The van der Waals surface area contributed by atoms with Crippen LogP contribution in [0.25, 0.3) is 11.1 Å². The van der Waals surface area contributed by atoms with Crippen molar-refractivity contribution in [1.29, 1.82) is 0 Å². The quantitative estimate of drug-likeness (QED) is 0.108. The second-order valence-electron chi connectivity index (χ2n) is 12.2. The summed E-state index contributed by atoms with van der Waals surface area (Å²) in [6.45, 7) is 4.86. The summed E-state index contributed by atoms with van der Waals surface area (Å²) >= 11 is 0.